The number of likely N-dealkylation sites (N-methyl/N-ethyl adjacent to an activating group) is 1. The smallest absolute Gasteiger partial charge is 0.255 e. The van der Waals surface area contributed by atoms with Gasteiger partial charge >= 0.3 is 0 Å². The molecule has 31 heavy (non-hydrogen) atoms. The second kappa shape index (κ2) is 10.1. The normalized spacial score (nSPS) is 11.2. The van der Waals surface area contributed by atoms with Crippen molar-refractivity contribution in [3.8, 4) is 11.5 Å². The molecular weight excluding hydrogens is 418 g/mol. The highest BCUT2D eigenvalue weighted by Crippen LogP contribution is 2.19. The minimum Gasteiger partial charge on any atom is -0.497 e. The lowest BCUT2D eigenvalue weighted by molar-refractivity contribution is 0.102. The van der Waals surface area contributed by atoms with Crippen molar-refractivity contribution in [2.75, 3.05) is 32.6 Å². The van der Waals surface area contributed by atoms with Crippen molar-refractivity contribution < 1.29 is 22.7 Å². The Morgan fingerprint density at radius 1 is 0.968 bits per heavy atom. The summed E-state index contributed by atoms with van der Waals surface area (Å²) in [5.74, 6) is 1.04. The standard InChI is InChI=1S/C22H23N3O5S/c1-25(15-16-30-20-7-5-19(29-2)6-8-20)31(27,28)21-9-3-18(4-10-21)24-22(26)17-11-13-23-14-12-17/h3-14H,15-16H2,1-2H3,(H,24,26). The molecule has 0 aliphatic heterocycles. The van der Waals surface area contributed by atoms with E-state index in [9.17, 15) is 13.2 Å². The van der Waals surface area contributed by atoms with Gasteiger partial charge in [0.2, 0.25) is 10.0 Å². The van der Waals surface area contributed by atoms with E-state index in [2.05, 4.69) is 10.3 Å². The average molecular weight is 442 g/mol. The summed E-state index contributed by atoms with van der Waals surface area (Å²) >= 11 is 0. The quantitative estimate of drug-likeness (QED) is 0.548. The van der Waals surface area contributed by atoms with Crippen molar-refractivity contribution >= 4 is 21.6 Å². The summed E-state index contributed by atoms with van der Waals surface area (Å²) in [5, 5.41) is 2.72. The number of aromatic nitrogens is 1. The fraction of sp³-hybridized carbons (Fsp3) is 0.182. The second-order valence-electron chi connectivity index (χ2n) is 6.56. The lowest BCUT2D eigenvalue weighted by Crippen LogP contribution is -2.31. The number of methoxy groups -OCH3 is 1. The van der Waals surface area contributed by atoms with E-state index in [1.54, 1.807) is 55.6 Å². The van der Waals surface area contributed by atoms with E-state index in [1.807, 2.05) is 0 Å². The Labute approximate surface area is 181 Å². The van der Waals surface area contributed by atoms with Gasteiger partial charge in [-0.3, -0.25) is 9.78 Å². The van der Waals surface area contributed by atoms with Crippen LogP contribution in [0, 0.1) is 0 Å². The summed E-state index contributed by atoms with van der Waals surface area (Å²) in [6.07, 6.45) is 3.05. The molecule has 162 valence electrons. The molecule has 0 aliphatic carbocycles. The van der Waals surface area contributed by atoms with E-state index in [0.29, 0.717) is 22.7 Å². The van der Waals surface area contributed by atoms with Crippen molar-refractivity contribution in [3.63, 3.8) is 0 Å². The zero-order valence-corrected chi connectivity index (χ0v) is 18.0. The van der Waals surface area contributed by atoms with Crippen LogP contribution >= 0.6 is 0 Å². The van der Waals surface area contributed by atoms with Crippen LogP contribution in [-0.2, 0) is 10.0 Å². The molecular formula is C22H23N3O5S. The molecule has 0 bridgehead atoms. The van der Waals surface area contributed by atoms with Gasteiger partial charge in [-0.2, -0.15) is 4.31 Å². The number of pyridine rings is 1. The third-order valence-corrected chi connectivity index (χ3v) is 6.37. The molecule has 1 aromatic heterocycles. The SMILES string of the molecule is COc1ccc(OCCN(C)S(=O)(=O)c2ccc(NC(=O)c3ccncc3)cc2)cc1. The van der Waals surface area contributed by atoms with Crippen molar-refractivity contribution in [3.05, 3.63) is 78.6 Å². The largest absolute Gasteiger partial charge is 0.497 e. The average Bonchev–Trinajstić information content (AvgIpc) is 2.80. The van der Waals surface area contributed by atoms with E-state index in [1.165, 1.54) is 35.9 Å². The van der Waals surface area contributed by atoms with Crippen molar-refractivity contribution in [1.82, 2.24) is 9.29 Å². The fourth-order valence-corrected chi connectivity index (χ4v) is 3.84. The molecule has 0 saturated heterocycles. The summed E-state index contributed by atoms with van der Waals surface area (Å²) in [6.45, 7) is 0.372. The summed E-state index contributed by atoms with van der Waals surface area (Å²) < 4.78 is 37.5. The number of ether oxygens (including phenoxy) is 2. The molecule has 0 spiro atoms. The first-order valence-corrected chi connectivity index (χ1v) is 10.9. The molecule has 2 aromatic carbocycles. The summed E-state index contributed by atoms with van der Waals surface area (Å²) in [4.78, 5) is 16.2. The Morgan fingerprint density at radius 3 is 2.19 bits per heavy atom. The number of sulfonamides is 1. The molecule has 3 rings (SSSR count). The monoisotopic (exact) mass is 441 g/mol. The predicted octanol–water partition coefficient (Wildman–Crippen LogP) is 3.04. The molecule has 0 saturated carbocycles. The van der Waals surface area contributed by atoms with E-state index in [4.69, 9.17) is 9.47 Å². The highest BCUT2D eigenvalue weighted by Gasteiger charge is 2.20. The van der Waals surface area contributed by atoms with Gasteiger partial charge in [0, 0.05) is 37.2 Å². The first kappa shape index (κ1) is 22.3. The Kier molecular flexibility index (Phi) is 7.22. The lowest BCUT2D eigenvalue weighted by Gasteiger charge is -2.18. The van der Waals surface area contributed by atoms with Crippen LogP contribution < -0.4 is 14.8 Å². The molecule has 8 nitrogen and oxygen atoms in total. The number of nitrogens with one attached hydrogen (secondary N) is 1. The Bertz CT molecular complexity index is 1100. The molecule has 0 unspecified atom stereocenters. The number of carbonyl (C=O) groups is 1. The highest BCUT2D eigenvalue weighted by atomic mass is 32.2. The van der Waals surface area contributed by atoms with Crippen LogP contribution in [0.4, 0.5) is 5.69 Å². The zero-order valence-electron chi connectivity index (χ0n) is 17.2. The second-order valence-corrected chi connectivity index (χ2v) is 8.61. The molecule has 0 aliphatic rings. The number of rotatable bonds is 9. The van der Waals surface area contributed by atoms with Crippen LogP contribution in [0.1, 0.15) is 10.4 Å². The Hall–Kier alpha value is -3.43. The minimum absolute atomic E-state index is 0.126. The maximum Gasteiger partial charge on any atom is 0.255 e. The van der Waals surface area contributed by atoms with E-state index in [0.717, 1.165) is 0 Å². The molecule has 9 heteroatoms. The van der Waals surface area contributed by atoms with Gasteiger partial charge in [0.15, 0.2) is 0 Å². The predicted molar refractivity (Wildman–Crippen MR) is 117 cm³/mol. The molecule has 1 heterocycles. The first-order chi connectivity index (χ1) is 14.9. The third-order valence-electron chi connectivity index (χ3n) is 4.50. The molecule has 0 fully saturated rings. The van der Waals surface area contributed by atoms with Crippen LogP contribution in [0.25, 0.3) is 0 Å². The molecule has 1 N–H and O–H groups in total. The van der Waals surface area contributed by atoms with E-state index < -0.39 is 10.0 Å². The summed E-state index contributed by atoms with van der Waals surface area (Å²) in [6, 6.07) is 16.3. The van der Waals surface area contributed by atoms with Gasteiger partial charge in [0.1, 0.15) is 18.1 Å². The van der Waals surface area contributed by atoms with Crippen LogP contribution in [0.5, 0.6) is 11.5 Å². The van der Waals surface area contributed by atoms with Crippen molar-refractivity contribution in [1.29, 1.82) is 0 Å². The number of hydrogen-bond acceptors (Lipinski definition) is 6. The first-order valence-electron chi connectivity index (χ1n) is 9.45. The van der Waals surface area contributed by atoms with Gasteiger partial charge in [-0.25, -0.2) is 8.42 Å². The minimum atomic E-state index is -3.69. The maximum absolute atomic E-state index is 12.8. The topological polar surface area (TPSA) is 97.8 Å². The molecule has 0 atom stereocenters. The van der Waals surface area contributed by atoms with Crippen LogP contribution in [0.2, 0.25) is 0 Å². The Balaban J connectivity index is 1.56. The fourth-order valence-electron chi connectivity index (χ4n) is 2.68. The van der Waals surface area contributed by atoms with E-state index >= 15 is 0 Å². The number of carbonyl (C=O) groups excluding carboxylic acids is 1. The van der Waals surface area contributed by atoms with Gasteiger partial charge < -0.3 is 14.8 Å². The van der Waals surface area contributed by atoms with Gasteiger partial charge in [-0.1, -0.05) is 0 Å². The van der Waals surface area contributed by atoms with Gasteiger partial charge in [-0.15, -0.1) is 0 Å². The van der Waals surface area contributed by atoms with Crippen LogP contribution in [-0.4, -0.2) is 50.9 Å². The maximum atomic E-state index is 12.8. The third kappa shape index (κ3) is 5.80. The summed E-state index contributed by atoms with van der Waals surface area (Å²) in [5.41, 5.74) is 0.953. The Morgan fingerprint density at radius 2 is 1.58 bits per heavy atom. The number of amides is 1. The van der Waals surface area contributed by atoms with Crippen molar-refractivity contribution in [2.24, 2.45) is 0 Å². The molecule has 1 amide bonds. The van der Waals surface area contributed by atoms with Crippen LogP contribution in [0.3, 0.4) is 0 Å². The number of hydrogen-bond donors (Lipinski definition) is 1. The molecule has 3 aromatic rings. The van der Waals surface area contributed by atoms with Crippen molar-refractivity contribution in [2.45, 2.75) is 4.90 Å². The molecule has 0 radical (unpaired) electrons. The van der Waals surface area contributed by atoms with Crippen LogP contribution in [0.15, 0.2) is 78.0 Å². The number of anilines is 1. The van der Waals surface area contributed by atoms with Gasteiger partial charge in [0.05, 0.1) is 12.0 Å². The van der Waals surface area contributed by atoms with Gasteiger partial charge in [-0.05, 0) is 60.7 Å². The lowest BCUT2D eigenvalue weighted by atomic mass is 10.2. The van der Waals surface area contributed by atoms with Gasteiger partial charge in [0.25, 0.3) is 5.91 Å². The zero-order chi connectivity index (χ0) is 22.3. The van der Waals surface area contributed by atoms with E-state index in [-0.39, 0.29) is 24.0 Å². The highest BCUT2D eigenvalue weighted by molar-refractivity contribution is 7.89. The summed E-state index contributed by atoms with van der Waals surface area (Å²) in [7, 11) is -0.617. The number of benzene rings is 2. The number of nitrogens with zero attached hydrogens (tertiary/aromatic N) is 2.